The van der Waals surface area contributed by atoms with Crippen molar-refractivity contribution >= 4 is 23.3 Å². The second-order valence-corrected chi connectivity index (χ2v) is 3.09. The van der Waals surface area contributed by atoms with Crippen LogP contribution in [-0.4, -0.2) is 13.1 Å². The minimum Gasteiger partial charge on any atom is -0.465 e. The van der Waals surface area contributed by atoms with Gasteiger partial charge in [0.2, 0.25) is 0 Å². The molecule has 0 saturated heterocycles. The Hall–Kier alpha value is -1.22. The number of aryl methyl sites for hydroxylation is 1. The molecule has 0 spiro atoms. The van der Waals surface area contributed by atoms with Crippen LogP contribution in [-0.2, 0) is 4.74 Å². The molecular weight excluding hydrogens is 190 g/mol. The standard InChI is InChI=1S/C9H10ClNO2/c1-5-3-7(10)8(11)4-6(5)9(12)13-2/h3-4H,11H2,1-2H3. The summed E-state index contributed by atoms with van der Waals surface area (Å²) in [4.78, 5) is 11.2. The lowest BCUT2D eigenvalue weighted by Crippen LogP contribution is -2.04. The van der Waals surface area contributed by atoms with Crippen LogP contribution in [0.25, 0.3) is 0 Å². The van der Waals surface area contributed by atoms with Gasteiger partial charge in [-0.2, -0.15) is 0 Å². The molecule has 0 unspecified atom stereocenters. The number of carbonyl (C=O) groups is 1. The number of methoxy groups -OCH3 is 1. The summed E-state index contributed by atoms with van der Waals surface area (Å²) >= 11 is 5.76. The molecule has 0 amide bonds. The Morgan fingerprint density at radius 2 is 2.15 bits per heavy atom. The van der Waals surface area contributed by atoms with Crippen molar-refractivity contribution in [3.8, 4) is 0 Å². The molecule has 1 aromatic carbocycles. The molecule has 0 aliphatic heterocycles. The van der Waals surface area contributed by atoms with Crippen LogP contribution in [0.15, 0.2) is 12.1 Å². The van der Waals surface area contributed by atoms with Crippen molar-refractivity contribution in [2.45, 2.75) is 6.92 Å². The van der Waals surface area contributed by atoms with E-state index in [-0.39, 0.29) is 0 Å². The zero-order valence-electron chi connectivity index (χ0n) is 7.43. The number of hydrogen-bond acceptors (Lipinski definition) is 3. The fourth-order valence-electron chi connectivity index (χ4n) is 1.02. The van der Waals surface area contributed by atoms with Gasteiger partial charge in [-0.25, -0.2) is 4.79 Å². The molecule has 0 aromatic heterocycles. The summed E-state index contributed by atoms with van der Waals surface area (Å²) in [5.74, 6) is -0.402. The largest absolute Gasteiger partial charge is 0.465 e. The first-order chi connectivity index (χ1) is 6.06. The summed E-state index contributed by atoms with van der Waals surface area (Å²) < 4.78 is 4.57. The summed E-state index contributed by atoms with van der Waals surface area (Å²) in [6.07, 6.45) is 0. The molecule has 0 atom stereocenters. The van der Waals surface area contributed by atoms with Crippen molar-refractivity contribution in [1.29, 1.82) is 0 Å². The molecule has 1 rings (SSSR count). The number of nitrogens with two attached hydrogens (primary N) is 1. The lowest BCUT2D eigenvalue weighted by molar-refractivity contribution is 0.0600. The Bertz CT molecular complexity index is 350. The lowest BCUT2D eigenvalue weighted by Gasteiger charge is -2.05. The molecule has 70 valence electrons. The van der Waals surface area contributed by atoms with Gasteiger partial charge in [-0.1, -0.05) is 11.6 Å². The average molecular weight is 200 g/mol. The smallest absolute Gasteiger partial charge is 0.338 e. The van der Waals surface area contributed by atoms with Gasteiger partial charge in [0.1, 0.15) is 0 Å². The van der Waals surface area contributed by atoms with Crippen LogP contribution < -0.4 is 5.73 Å². The van der Waals surface area contributed by atoms with Gasteiger partial charge in [-0.05, 0) is 24.6 Å². The van der Waals surface area contributed by atoms with Crippen molar-refractivity contribution < 1.29 is 9.53 Å². The second kappa shape index (κ2) is 3.66. The van der Waals surface area contributed by atoms with Crippen LogP contribution in [0.3, 0.4) is 0 Å². The third kappa shape index (κ3) is 1.92. The lowest BCUT2D eigenvalue weighted by atomic mass is 10.1. The van der Waals surface area contributed by atoms with E-state index in [1.54, 1.807) is 13.0 Å². The number of benzene rings is 1. The zero-order valence-corrected chi connectivity index (χ0v) is 8.18. The quantitative estimate of drug-likeness (QED) is 0.556. The fraction of sp³-hybridized carbons (Fsp3) is 0.222. The van der Waals surface area contributed by atoms with Crippen molar-refractivity contribution in [2.75, 3.05) is 12.8 Å². The van der Waals surface area contributed by atoms with E-state index in [9.17, 15) is 4.79 Å². The second-order valence-electron chi connectivity index (χ2n) is 2.68. The normalized spacial score (nSPS) is 9.77. The first-order valence-corrected chi connectivity index (χ1v) is 4.08. The van der Waals surface area contributed by atoms with Crippen LogP contribution >= 0.6 is 11.6 Å². The highest BCUT2D eigenvalue weighted by Crippen LogP contribution is 2.23. The van der Waals surface area contributed by atoms with Crippen molar-refractivity contribution in [3.05, 3.63) is 28.3 Å². The highest BCUT2D eigenvalue weighted by molar-refractivity contribution is 6.33. The number of halogens is 1. The van der Waals surface area contributed by atoms with E-state index in [1.807, 2.05) is 0 Å². The van der Waals surface area contributed by atoms with Gasteiger partial charge in [-0.15, -0.1) is 0 Å². The molecule has 0 radical (unpaired) electrons. The molecule has 3 nitrogen and oxygen atoms in total. The Morgan fingerprint density at radius 3 is 2.69 bits per heavy atom. The highest BCUT2D eigenvalue weighted by Gasteiger charge is 2.10. The van der Waals surface area contributed by atoms with Gasteiger partial charge in [-0.3, -0.25) is 0 Å². The maximum Gasteiger partial charge on any atom is 0.338 e. The average Bonchev–Trinajstić information content (AvgIpc) is 2.10. The van der Waals surface area contributed by atoms with E-state index in [0.717, 1.165) is 5.56 Å². The number of carbonyl (C=O) groups excluding carboxylic acids is 1. The molecule has 0 fully saturated rings. The molecule has 13 heavy (non-hydrogen) atoms. The zero-order chi connectivity index (χ0) is 10.0. The first kappa shape index (κ1) is 9.86. The summed E-state index contributed by atoms with van der Waals surface area (Å²) in [5, 5.41) is 0.449. The Balaban J connectivity index is 3.23. The summed E-state index contributed by atoms with van der Waals surface area (Å²) in [6.45, 7) is 1.78. The van der Waals surface area contributed by atoms with Crippen LogP contribution in [0, 0.1) is 6.92 Å². The van der Waals surface area contributed by atoms with Gasteiger partial charge in [0.05, 0.1) is 23.4 Å². The maximum atomic E-state index is 11.2. The summed E-state index contributed by atoms with van der Waals surface area (Å²) in [7, 11) is 1.33. The van der Waals surface area contributed by atoms with Gasteiger partial charge in [0.15, 0.2) is 0 Å². The van der Waals surface area contributed by atoms with Gasteiger partial charge in [0, 0.05) is 0 Å². The first-order valence-electron chi connectivity index (χ1n) is 3.70. The minimum absolute atomic E-state index is 0.382. The maximum absolute atomic E-state index is 11.2. The van der Waals surface area contributed by atoms with Gasteiger partial charge < -0.3 is 10.5 Å². The van der Waals surface area contributed by atoms with Crippen molar-refractivity contribution in [2.24, 2.45) is 0 Å². The molecule has 4 heteroatoms. The predicted octanol–water partition coefficient (Wildman–Crippen LogP) is 2.02. The molecule has 0 saturated carbocycles. The monoisotopic (exact) mass is 199 g/mol. The van der Waals surface area contributed by atoms with Crippen LogP contribution in [0.4, 0.5) is 5.69 Å². The van der Waals surface area contributed by atoms with Crippen LogP contribution in [0.5, 0.6) is 0 Å². The highest BCUT2D eigenvalue weighted by atomic mass is 35.5. The Labute approximate surface area is 81.4 Å². The number of hydrogen-bond donors (Lipinski definition) is 1. The van der Waals surface area contributed by atoms with Crippen molar-refractivity contribution in [3.63, 3.8) is 0 Å². The van der Waals surface area contributed by atoms with Crippen molar-refractivity contribution in [1.82, 2.24) is 0 Å². The number of esters is 1. The van der Waals surface area contributed by atoms with E-state index in [0.29, 0.717) is 16.3 Å². The number of ether oxygens (including phenoxy) is 1. The molecule has 0 aliphatic carbocycles. The van der Waals surface area contributed by atoms with Gasteiger partial charge in [0.25, 0.3) is 0 Å². The van der Waals surface area contributed by atoms with Crippen LogP contribution in [0.2, 0.25) is 5.02 Å². The molecular formula is C9H10ClNO2. The molecule has 0 aliphatic rings. The van der Waals surface area contributed by atoms with Gasteiger partial charge >= 0.3 is 5.97 Å². The molecule has 2 N–H and O–H groups in total. The predicted molar refractivity (Wildman–Crippen MR) is 51.9 cm³/mol. The van der Waals surface area contributed by atoms with E-state index >= 15 is 0 Å². The van der Waals surface area contributed by atoms with E-state index in [4.69, 9.17) is 17.3 Å². The Morgan fingerprint density at radius 1 is 1.54 bits per heavy atom. The third-order valence-corrected chi connectivity index (χ3v) is 2.08. The Kier molecular flexibility index (Phi) is 2.78. The van der Waals surface area contributed by atoms with E-state index in [1.165, 1.54) is 13.2 Å². The number of rotatable bonds is 1. The third-order valence-electron chi connectivity index (χ3n) is 1.75. The summed E-state index contributed by atoms with van der Waals surface area (Å²) in [6, 6.07) is 3.16. The number of anilines is 1. The molecule has 1 aromatic rings. The SMILES string of the molecule is COC(=O)c1cc(N)c(Cl)cc1C. The molecule has 0 heterocycles. The topological polar surface area (TPSA) is 52.3 Å². The molecule has 0 bridgehead atoms. The number of nitrogen functional groups attached to an aromatic ring is 1. The summed E-state index contributed by atoms with van der Waals surface area (Å²) in [5.41, 5.74) is 7.13. The van der Waals surface area contributed by atoms with E-state index < -0.39 is 5.97 Å². The van der Waals surface area contributed by atoms with Crippen LogP contribution in [0.1, 0.15) is 15.9 Å². The fourth-order valence-corrected chi connectivity index (χ4v) is 1.24. The minimum atomic E-state index is -0.402. The van der Waals surface area contributed by atoms with E-state index in [2.05, 4.69) is 4.74 Å².